The Labute approximate surface area is 113 Å². The molecule has 6 heteroatoms. The lowest BCUT2D eigenvalue weighted by Crippen LogP contribution is -2.12. The normalized spacial score (nSPS) is 10.7. The monoisotopic (exact) mass is 260 g/mol. The first-order chi connectivity index (χ1) is 9.22. The van der Waals surface area contributed by atoms with Crippen molar-refractivity contribution >= 4 is 5.95 Å². The van der Waals surface area contributed by atoms with Crippen molar-refractivity contribution in [3.05, 3.63) is 29.3 Å². The number of nitrogens with one attached hydrogen (secondary N) is 1. The average Bonchev–Trinajstić information content (AvgIpc) is 2.84. The second kappa shape index (κ2) is 6.26. The van der Waals surface area contributed by atoms with Gasteiger partial charge in [0.05, 0.1) is 17.1 Å². The van der Waals surface area contributed by atoms with Crippen LogP contribution in [0.3, 0.4) is 0 Å². The Balaban J connectivity index is 1.92. The standard InChI is InChI=1S/C13H20N6/c1-4-11-12(5-2)16-17-13(15-11)14-8-6-10-7-9-19(3)18-10/h7,9H,4-6,8H2,1-3H3,(H,14,15,17). The smallest absolute Gasteiger partial charge is 0.242 e. The highest BCUT2D eigenvalue weighted by molar-refractivity contribution is 5.26. The topological polar surface area (TPSA) is 68.5 Å². The predicted octanol–water partition coefficient (Wildman–Crippen LogP) is 1.38. The van der Waals surface area contributed by atoms with Crippen molar-refractivity contribution in [1.82, 2.24) is 25.0 Å². The summed E-state index contributed by atoms with van der Waals surface area (Å²) in [4.78, 5) is 4.49. The Morgan fingerprint density at radius 3 is 2.58 bits per heavy atom. The highest BCUT2D eigenvalue weighted by atomic mass is 15.3. The fraction of sp³-hybridized carbons (Fsp3) is 0.538. The summed E-state index contributed by atoms with van der Waals surface area (Å²) in [6.45, 7) is 4.91. The average molecular weight is 260 g/mol. The summed E-state index contributed by atoms with van der Waals surface area (Å²) in [5.41, 5.74) is 3.07. The van der Waals surface area contributed by atoms with E-state index in [0.717, 1.165) is 42.9 Å². The first-order valence-electron chi connectivity index (χ1n) is 6.67. The van der Waals surface area contributed by atoms with Crippen LogP contribution in [-0.2, 0) is 26.3 Å². The molecule has 0 amide bonds. The summed E-state index contributed by atoms with van der Waals surface area (Å²) >= 11 is 0. The first kappa shape index (κ1) is 13.5. The minimum Gasteiger partial charge on any atom is -0.353 e. The van der Waals surface area contributed by atoms with Crippen molar-refractivity contribution < 1.29 is 0 Å². The van der Waals surface area contributed by atoms with Gasteiger partial charge in [0, 0.05) is 26.2 Å². The van der Waals surface area contributed by atoms with Gasteiger partial charge >= 0.3 is 0 Å². The predicted molar refractivity (Wildman–Crippen MR) is 74.0 cm³/mol. The van der Waals surface area contributed by atoms with Gasteiger partial charge in [-0.1, -0.05) is 13.8 Å². The summed E-state index contributed by atoms with van der Waals surface area (Å²) in [5, 5.41) is 15.8. The SMILES string of the molecule is CCc1nnc(NCCc2ccn(C)n2)nc1CC. The lowest BCUT2D eigenvalue weighted by molar-refractivity contribution is 0.740. The van der Waals surface area contributed by atoms with E-state index in [0.29, 0.717) is 5.95 Å². The number of aromatic nitrogens is 5. The molecule has 2 rings (SSSR count). The summed E-state index contributed by atoms with van der Waals surface area (Å²) in [7, 11) is 1.92. The van der Waals surface area contributed by atoms with E-state index in [1.165, 1.54) is 0 Å². The Morgan fingerprint density at radius 2 is 1.95 bits per heavy atom. The van der Waals surface area contributed by atoms with Crippen LogP contribution in [0.15, 0.2) is 12.3 Å². The van der Waals surface area contributed by atoms with Crippen LogP contribution in [0.2, 0.25) is 0 Å². The lowest BCUT2D eigenvalue weighted by atomic mass is 10.2. The molecule has 19 heavy (non-hydrogen) atoms. The zero-order valence-electron chi connectivity index (χ0n) is 11.7. The van der Waals surface area contributed by atoms with Crippen LogP contribution in [-0.4, -0.2) is 31.5 Å². The number of hydrogen-bond acceptors (Lipinski definition) is 5. The van der Waals surface area contributed by atoms with Crippen LogP contribution >= 0.6 is 0 Å². The zero-order chi connectivity index (χ0) is 13.7. The summed E-state index contributed by atoms with van der Waals surface area (Å²) in [6, 6.07) is 2.01. The van der Waals surface area contributed by atoms with Gasteiger partial charge < -0.3 is 5.32 Å². The van der Waals surface area contributed by atoms with Gasteiger partial charge in [-0.15, -0.1) is 5.10 Å². The molecule has 0 aromatic carbocycles. The molecule has 0 fully saturated rings. The number of hydrogen-bond donors (Lipinski definition) is 1. The van der Waals surface area contributed by atoms with Crippen molar-refractivity contribution in [2.45, 2.75) is 33.1 Å². The summed E-state index contributed by atoms with van der Waals surface area (Å²) in [5.74, 6) is 0.602. The Kier molecular flexibility index (Phi) is 4.43. The highest BCUT2D eigenvalue weighted by Crippen LogP contribution is 2.06. The largest absolute Gasteiger partial charge is 0.353 e. The molecule has 0 radical (unpaired) electrons. The van der Waals surface area contributed by atoms with E-state index in [9.17, 15) is 0 Å². The van der Waals surface area contributed by atoms with Gasteiger partial charge in [0.25, 0.3) is 0 Å². The van der Waals surface area contributed by atoms with Crippen LogP contribution in [0.25, 0.3) is 0 Å². The molecule has 0 aliphatic rings. The third kappa shape index (κ3) is 3.49. The third-order valence-corrected chi connectivity index (χ3v) is 2.94. The fourth-order valence-corrected chi connectivity index (χ4v) is 1.91. The van der Waals surface area contributed by atoms with Crippen LogP contribution in [0, 0.1) is 0 Å². The summed E-state index contributed by atoms with van der Waals surface area (Å²) in [6.07, 6.45) is 4.55. The van der Waals surface area contributed by atoms with Gasteiger partial charge in [-0.25, -0.2) is 4.98 Å². The number of rotatable bonds is 6. The molecule has 102 valence electrons. The van der Waals surface area contributed by atoms with E-state index < -0.39 is 0 Å². The molecule has 1 N–H and O–H groups in total. The fourth-order valence-electron chi connectivity index (χ4n) is 1.91. The van der Waals surface area contributed by atoms with E-state index in [-0.39, 0.29) is 0 Å². The van der Waals surface area contributed by atoms with Crippen molar-refractivity contribution in [2.75, 3.05) is 11.9 Å². The number of anilines is 1. The van der Waals surface area contributed by atoms with Crippen molar-refractivity contribution in [3.8, 4) is 0 Å². The Morgan fingerprint density at radius 1 is 1.16 bits per heavy atom. The third-order valence-electron chi connectivity index (χ3n) is 2.94. The number of nitrogens with zero attached hydrogens (tertiary/aromatic N) is 5. The Bertz CT molecular complexity index is 534. The molecule has 0 aliphatic carbocycles. The maximum Gasteiger partial charge on any atom is 0.242 e. The molecule has 0 saturated carbocycles. The summed E-state index contributed by atoms with van der Waals surface area (Å²) < 4.78 is 1.80. The maximum absolute atomic E-state index is 4.49. The molecular formula is C13H20N6. The van der Waals surface area contributed by atoms with E-state index in [1.54, 1.807) is 4.68 Å². The quantitative estimate of drug-likeness (QED) is 0.850. The van der Waals surface area contributed by atoms with E-state index in [1.807, 2.05) is 19.3 Å². The van der Waals surface area contributed by atoms with Gasteiger partial charge in [0.15, 0.2) is 0 Å². The maximum atomic E-state index is 4.49. The van der Waals surface area contributed by atoms with Crippen molar-refractivity contribution in [1.29, 1.82) is 0 Å². The van der Waals surface area contributed by atoms with E-state index in [2.05, 4.69) is 39.4 Å². The van der Waals surface area contributed by atoms with E-state index >= 15 is 0 Å². The van der Waals surface area contributed by atoms with Gasteiger partial charge in [0.1, 0.15) is 0 Å². The molecule has 0 bridgehead atoms. The van der Waals surface area contributed by atoms with Gasteiger partial charge in [-0.05, 0) is 18.9 Å². The lowest BCUT2D eigenvalue weighted by Gasteiger charge is -2.07. The molecule has 0 atom stereocenters. The minimum absolute atomic E-state index is 0.602. The molecule has 2 heterocycles. The van der Waals surface area contributed by atoms with Gasteiger partial charge in [-0.2, -0.15) is 10.2 Å². The van der Waals surface area contributed by atoms with Crippen LogP contribution in [0.4, 0.5) is 5.95 Å². The molecular weight excluding hydrogens is 240 g/mol. The molecule has 0 saturated heterocycles. The Hall–Kier alpha value is -1.98. The number of aryl methyl sites for hydroxylation is 3. The van der Waals surface area contributed by atoms with E-state index in [4.69, 9.17) is 0 Å². The molecule has 2 aromatic rings. The second-order valence-electron chi connectivity index (χ2n) is 4.39. The van der Waals surface area contributed by atoms with Crippen LogP contribution < -0.4 is 5.32 Å². The van der Waals surface area contributed by atoms with Crippen molar-refractivity contribution in [3.63, 3.8) is 0 Å². The molecule has 2 aromatic heterocycles. The van der Waals surface area contributed by atoms with Crippen LogP contribution in [0.1, 0.15) is 30.9 Å². The highest BCUT2D eigenvalue weighted by Gasteiger charge is 2.05. The zero-order valence-corrected chi connectivity index (χ0v) is 11.7. The van der Waals surface area contributed by atoms with Gasteiger partial charge in [0.2, 0.25) is 5.95 Å². The first-order valence-corrected chi connectivity index (χ1v) is 6.67. The second-order valence-corrected chi connectivity index (χ2v) is 4.39. The molecule has 0 spiro atoms. The molecule has 0 unspecified atom stereocenters. The molecule has 6 nitrogen and oxygen atoms in total. The minimum atomic E-state index is 0.602. The van der Waals surface area contributed by atoms with Gasteiger partial charge in [-0.3, -0.25) is 4.68 Å². The van der Waals surface area contributed by atoms with Crippen LogP contribution in [0.5, 0.6) is 0 Å². The van der Waals surface area contributed by atoms with Crippen molar-refractivity contribution in [2.24, 2.45) is 7.05 Å². The molecule has 0 aliphatic heterocycles.